The van der Waals surface area contributed by atoms with Crippen molar-refractivity contribution in [3.05, 3.63) is 29.8 Å². The van der Waals surface area contributed by atoms with Gasteiger partial charge in [0, 0.05) is 0 Å². The summed E-state index contributed by atoms with van der Waals surface area (Å²) in [6.45, 7) is 1.93. The Balaban J connectivity index is 2.40. The lowest BCUT2D eigenvalue weighted by molar-refractivity contribution is -0.476. The molecule has 0 spiro atoms. The Morgan fingerprint density at radius 3 is 1.68 bits per heavy atom. The summed E-state index contributed by atoms with van der Waals surface area (Å²) >= 11 is 0. The molecule has 1 aliphatic rings. The first-order valence-electron chi connectivity index (χ1n) is 8.07. The Kier molecular flexibility index (Phi) is 5.75. The van der Waals surface area contributed by atoms with Crippen LogP contribution in [0.4, 0.5) is 48.3 Å². The molecule has 1 aromatic carbocycles. The van der Waals surface area contributed by atoms with Crippen molar-refractivity contribution in [1.29, 1.82) is 0 Å². The molecule has 1 aliphatic carbocycles. The van der Waals surface area contributed by atoms with Crippen molar-refractivity contribution in [3.63, 3.8) is 0 Å². The van der Waals surface area contributed by atoms with Crippen LogP contribution in [-0.2, 0) is 4.79 Å². The van der Waals surface area contributed by atoms with E-state index < -0.39 is 41.2 Å². The minimum absolute atomic E-state index is 0.000943. The number of amides is 1. The van der Waals surface area contributed by atoms with Crippen LogP contribution in [0.3, 0.4) is 0 Å². The number of carbonyl (C=O) groups excluding carboxylic acids is 1. The highest BCUT2D eigenvalue weighted by Gasteiger charge is 3.02. The predicted molar refractivity (Wildman–Crippen MR) is 81.9 cm³/mol. The Labute approximate surface area is 166 Å². The SMILES string of the molecule is CCOc1ccc(/C=N/NC(=O)C2(F)C(F)(F)C(F)(F)C(F)(F)C(F)(F)C2(F)F)cc1. The third kappa shape index (κ3) is 3.03. The van der Waals surface area contributed by atoms with Gasteiger partial charge in [0.2, 0.25) is 0 Å². The van der Waals surface area contributed by atoms with Crippen molar-refractivity contribution in [2.75, 3.05) is 6.61 Å². The number of hydrogen-bond acceptors (Lipinski definition) is 3. The fourth-order valence-corrected chi connectivity index (χ4v) is 2.57. The molecule has 0 heterocycles. The minimum atomic E-state index is -7.39. The maximum atomic E-state index is 14.4. The van der Waals surface area contributed by atoms with Gasteiger partial charge < -0.3 is 4.74 Å². The van der Waals surface area contributed by atoms with Gasteiger partial charge in [-0.3, -0.25) is 4.79 Å². The molecule has 1 fully saturated rings. The van der Waals surface area contributed by atoms with Crippen molar-refractivity contribution < 1.29 is 57.8 Å². The summed E-state index contributed by atoms with van der Waals surface area (Å²) in [4.78, 5) is 11.6. The van der Waals surface area contributed by atoms with E-state index in [-0.39, 0.29) is 12.2 Å². The average molecular weight is 472 g/mol. The maximum Gasteiger partial charge on any atom is 0.384 e. The molecule has 0 saturated heterocycles. The topological polar surface area (TPSA) is 50.7 Å². The molecule has 15 heteroatoms. The van der Waals surface area contributed by atoms with Crippen LogP contribution in [0.25, 0.3) is 0 Å². The highest BCUT2D eigenvalue weighted by atomic mass is 19.4. The maximum absolute atomic E-state index is 14.4. The first kappa shape index (κ1) is 24.7. The molecule has 0 aromatic heterocycles. The second-order valence-corrected chi connectivity index (χ2v) is 6.23. The first-order valence-corrected chi connectivity index (χ1v) is 8.07. The van der Waals surface area contributed by atoms with Gasteiger partial charge in [0.05, 0.1) is 12.8 Å². The molecule has 4 nitrogen and oxygen atoms in total. The normalized spacial score (nSPS) is 24.5. The van der Waals surface area contributed by atoms with Crippen LogP contribution in [0.5, 0.6) is 5.75 Å². The molecular formula is C16H11F11N2O2. The third-order valence-corrected chi connectivity index (χ3v) is 4.33. The Morgan fingerprint density at radius 2 is 1.26 bits per heavy atom. The monoisotopic (exact) mass is 472 g/mol. The molecular weight excluding hydrogens is 461 g/mol. The minimum Gasteiger partial charge on any atom is -0.494 e. The highest BCUT2D eigenvalue weighted by molar-refractivity contribution is 5.90. The quantitative estimate of drug-likeness (QED) is 0.392. The number of ether oxygens (including phenoxy) is 1. The van der Waals surface area contributed by atoms with Crippen molar-refractivity contribution >= 4 is 12.1 Å². The van der Waals surface area contributed by atoms with Gasteiger partial charge in [-0.1, -0.05) is 0 Å². The summed E-state index contributed by atoms with van der Waals surface area (Å²) in [5, 5.41) is 2.75. The van der Waals surface area contributed by atoms with E-state index in [0.717, 1.165) is 0 Å². The molecule has 1 saturated carbocycles. The fraction of sp³-hybridized carbons (Fsp3) is 0.500. The number of nitrogens with one attached hydrogen (secondary N) is 1. The molecule has 2 rings (SSSR count). The lowest BCUT2D eigenvalue weighted by Crippen LogP contribution is -2.86. The van der Waals surface area contributed by atoms with Crippen LogP contribution in [0, 0.1) is 0 Å². The van der Waals surface area contributed by atoms with Crippen LogP contribution < -0.4 is 10.2 Å². The number of hydrogen-bond donors (Lipinski definition) is 1. The number of benzene rings is 1. The van der Waals surface area contributed by atoms with Crippen molar-refractivity contribution in [2.24, 2.45) is 5.10 Å². The molecule has 0 atom stereocenters. The molecule has 174 valence electrons. The number of carbonyl (C=O) groups is 1. The lowest BCUT2D eigenvalue weighted by Gasteiger charge is -2.51. The number of rotatable bonds is 5. The van der Waals surface area contributed by atoms with Gasteiger partial charge in [0.15, 0.2) is 0 Å². The van der Waals surface area contributed by atoms with Gasteiger partial charge in [0.1, 0.15) is 5.75 Å². The summed E-state index contributed by atoms with van der Waals surface area (Å²) in [6, 6.07) is 5.04. The van der Waals surface area contributed by atoms with Crippen molar-refractivity contribution in [2.45, 2.75) is 42.2 Å². The molecule has 1 amide bonds. The Bertz CT molecular complexity index is 839. The molecule has 0 bridgehead atoms. The van der Waals surface area contributed by atoms with Gasteiger partial charge in [0.25, 0.3) is 5.91 Å². The molecule has 31 heavy (non-hydrogen) atoms. The number of hydrazone groups is 1. The van der Waals surface area contributed by atoms with E-state index in [2.05, 4.69) is 5.10 Å². The van der Waals surface area contributed by atoms with E-state index >= 15 is 0 Å². The molecule has 1 N–H and O–H groups in total. The van der Waals surface area contributed by atoms with Crippen LogP contribution in [-0.4, -0.2) is 54.0 Å². The number of halogens is 11. The summed E-state index contributed by atoms with van der Waals surface area (Å²) in [5.74, 6) is -39.8. The zero-order valence-corrected chi connectivity index (χ0v) is 15.0. The van der Waals surface area contributed by atoms with Crippen LogP contribution in [0.15, 0.2) is 29.4 Å². The van der Waals surface area contributed by atoms with E-state index in [1.54, 1.807) is 6.92 Å². The van der Waals surface area contributed by atoms with E-state index in [1.165, 1.54) is 24.3 Å². The smallest absolute Gasteiger partial charge is 0.384 e. The van der Waals surface area contributed by atoms with Crippen LogP contribution in [0.2, 0.25) is 0 Å². The third-order valence-electron chi connectivity index (χ3n) is 4.33. The largest absolute Gasteiger partial charge is 0.494 e. The van der Waals surface area contributed by atoms with Gasteiger partial charge in [-0.05, 0) is 36.8 Å². The average Bonchev–Trinajstić information content (AvgIpc) is 2.67. The standard InChI is InChI=1S/C16H11F11N2O2/c1-2-31-9-5-3-8(4-6-9)7-28-29-10(30)11(17)12(18,19)14(22,23)16(26,27)15(24,25)13(11,20)21/h3-7H,2H2,1H3,(H,29,30)/b28-7+. The van der Waals surface area contributed by atoms with Gasteiger partial charge in [-0.15, -0.1) is 0 Å². The molecule has 0 aliphatic heterocycles. The lowest BCUT2D eigenvalue weighted by atomic mass is 9.72. The van der Waals surface area contributed by atoms with E-state index in [0.29, 0.717) is 17.4 Å². The Morgan fingerprint density at radius 1 is 0.839 bits per heavy atom. The van der Waals surface area contributed by atoms with Crippen molar-refractivity contribution in [1.82, 2.24) is 5.43 Å². The summed E-state index contributed by atoms with van der Waals surface area (Å²) in [5.41, 5.74) is -6.14. The molecule has 0 unspecified atom stereocenters. The Hall–Kier alpha value is -2.61. The number of nitrogens with zero attached hydrogens (tertiary/aromatic N) is 1. The number of alkyl halides is 11. The van der Waals surface area contributed by atoms with Crippen molar-refractivity contribution in [3.8, 4) is 5.75 Å². The van der Waals surface area contributed by atoms with Gasteiger partial charge >= 0.3 is 35.3 Å². The predicted octanol–water partition coefficient (Wildman–Crippen LogP) is 4.43. The summed E-state index contributed by atoms with van der Waals surface area (Å²) < 4.78 is 154. The van der Waals surface area contributed by atoms with Gasteiger partial charge in [-0.25, -0.2) is 9.82 Å². The fourth-order valence-electron chi connectivity index (χ4n) is 2.57. The summed E-state index contributed by atoms with van der Waals surface area (Å²) in [7, 11) is 0. The first-order chi connectivity index (χ1) is 13.9. The second kappa shape index (κ2) is 7.22. The van der Waals surface area contributed by atoms with E-state index in [9.17, 15) is 53.1 Å². The zero-order chi connectivity index (χ0) is 24.1. The zero-order valence-electron chi connectivity index (χ0n) is 15.0. The second-order valence-electron chi connectivity index (χ2n) is 6.23. The summed E-state index contributed by atoms with van der Waals surface area (Å²) in [6.07, 6.45) is 0.515. The molecule has 0 radical (unpaired) electrons. The van der Waals surface area contributed by atoms with Gasteiger partial charge in [-0.2, -0.15) is 49.0 Å². The van der Waals surface area contributed by atoms with Crippen LogP contribution in [0.1, 0.15) is 12.5 Å². The van der Waals surface area contributed by atoms with E-state index in [1.807, 2.05) is 0 Å². The highest BCUT2D eigenvalue weighted by Crippen LogP contribution is 2.69. The molecule has 1 aromatic rings. The van der Waals surface area contributed by atoms with E-state index in [4.69, 9.17) is 4.74 Å². The van der Waals surface area contributed by atoms with Crippen LogP contribution >= 0.6 is 0 Å².